The Morgan fingerprint density at radius 2 is 1.71 bits per heavy atom. The van der Waals surface area contributed by atoms with E-state index in [-0.39, 0.29) is 5.92 Å². The van der Waals surface area contributed by atoms with Gasteiger partial charge in [0.25, 0.3) is 0 Å². The molecule has 0 aliphatic rings. The van der Waals surface area contributed by atoms with Gasteiger partial charge >= 0.3 is 0 Å². The molecule has 17 heavy (non-hydrogen) atoms. The van der Waals surface area contributed by atoms with E-state index in [9.17, 15) is 10.2 Å². The van der Waals surface area contributed by atoms with Crippen LogP contribution >= 0.6 is 0 Å². The van der Waals surface area contributed by atoms with Crippen molar-refractivity contribution < 1.29 is 10.2 Å². The molecule has 0 aromatic rings. The van der Waals surface area contributed by atoms with Crippen LogP contribution in [0.1, 0.15) is 59.8 Å². The molecule has 0 aliphatic heterocycles. The maximum Gasteiger partial charge on any atom is 0.0595 e. The Labute approximate surface area is 107 Å². The van der Waals surface area contributed by atoms with E-state index in [4.69, 9.17) is 0 Å². The van der Waals surface area contributed by atoms with Crippen LogP contribution in [0.3, 0.4) is 0 Å². The summed E-state index contributed by atoms with van der Waals surface area (Å²) in [4.78, 5) is 0. The van der Waals surface area contributed by atoms with Crippen LogP contribution in [0.25, 0.3) is 0 Å². The van der Waals surface area contributed by atoms with E-state index in [0.717, 1.165) is 6.42 Å². The topological polar surface area (TPSA) is 40.5 Å². The molecule has 102 valence electrons. The summed E-state index contributed by atoms with van der Waals surface area (Å²) in [5.41, 5.74) is 0. The van der Waals surface area contributed by atoms with Gasteiger partial charge in [0, 0.05) is 0 Å². The normalized spacial score (nSPS) is 19.2. The molecule has 0 spiro atoms. The molecule has 0 bridgehead atoms. The summed E-state index contributed by atoms with van der Waals surface area (Å²) in [6, 6.07) is 0. The van der Waals surface area contributed by atoms with E-state index in [2.05, 4.69) is 26.0 Å². The van der Waals surface area contributed by atoms with Gasteiger partial charge in [0.05, 0.1) is 12.2 Å². The molecule has 4 unspecified atom stereocenters. The molecular formula is C15H30O2. The first kappa shape index (κ1) is 16.7. The number of rotatable bonds is 9. The lowest BCUT2D eigenvalue weighted by Crippen LogP contribution is -2.26. The lowest BCUT2D eigenvalue weighted by molar-refractivity contribution is 0.0448. The Bertz CT molecular complexity index is 199. The highest BCUT2D eigenvalue weighted by molar-refractivity contribution is 4.90. The van der Waals surface area contributed by atoms with E-state index < -0.39 is 12.2 Å². The lowest BCUT2D eigenvalue weighted by Gasteiger charge is -2.23. The van der Waals surface area contributed by atoms with Crippen molar-refractivity contribution in [1.29, 1.82) is 0 Å². The van der Waals surface area contributed by atoms with Crippen molar-refractivity contribution >= 4 is 0 Å². The molecule has 0 amide bonds. The molecule has 0 heterocycles. The van der Waals surface area contributed by atoms with Crippen LogP contribution in [0.2, 0.25) is 0 Å². The predicted octanol–water partition coefficient (Wildman–Crippen LogP) is 3.53. The average Bonchev–Trinajstić information content (AvgIpc) is 2.26. The van der Waals surface area contributed by atoms with Gasteiger partial charge in [0.1, 0.15) is 0 Å². The summed E-state index contributed by atoms with van der Waals surface area (Å²) in [5.74, 6) is 0.567. The standard InChI is InChI=1S/C15H30O2/c1-5-6-7-8-9-10-12(2)14(4)15(17)11-13(3)16/h9-10,12-17H,5-8,11H2,1-4H3. The fraction of sp³-hybridized carbons (Fsp3) is 0.867. The third-order valence-corrected chi connectivity index (χ3v) is 3.43. The van der Waals surface area contributed by atoms with Gasteiger partial charge in [-0.2, -0.15) is 0 Å². The maximum absolute atomic E-state index is 9.91. The number of aliphatic hydroxyl groups is 2. The number of unbranched alkanes of at least 4 members (excludes halogenated alkanes) is 3. The van der Waals surface area contributed by atoms with Crippen LogP contribution in [-0.2, 0) is 0 Å². The molecule has 0 rings (SSSR count). The predicted molar refractivity (Wildman–Crippen MR) is 73.9 cm³/mol. The number of allylic oxidation sites excluding steroid dienone is 2. The van der Waals surface area contributed by atoms with Crippen molar-refractivity contribution in [2.45, 2.75) is 72.0 Å². The zero-order chi connectivity index (χ0) is 13.3. The summed E-state index contributed by atoms with van der Waals surface area (Å²) in [6.07, 6.45) is 9.00. The van der Waals surface area contributed by atoms with Crippen LogP contribution in [-0.4, -0.2) is 22.4 Å². The number of hydrogen-bond acceptors (Lipinski definition) is 2. The first-order valence-electron chi connectivity index (χ1n) is 7.01. The largest absolute Gasteiger partial charge is 0.393 e. The highest BCUT2D eigenvalue weighted by atomic mass is 16.3. The van der Waals surface area contributed by atoms with Gasteiger partial charge in [0.2, 0.25) is 0 Å². The molecular weight excluding hydrogens is 212 g/mol. The number of hydrogen-bond donors (Lipinski definition) is 2. The summed E-state index contributed by atoms with van der Waals surface area (Å²) in [6.45, 7) is 8.11. The van der Waals surface area contributed by atoms with Crippen LogP contribution in [0, 0.1) is 11.8 Å². The van der Waals surface area contributed by atoms with Gasteiger partial charge in [-0.3, -0.25) is 0 Å². The summed E-state index contributed by atoms with van der Waals surface area (Å²) < 4.78 is 0. The molecule has 2 heteroatoms. The summed E-state index contributed by atoms with van der Waals surface area (Å²) >= 11 is 0. The highest BCUT2D eigenvalue weighted by Gasteiger charge is 2.20. The van der Waals surface area contributed by atoms with Crippen LogP contribution < -0.4 is 0 Å². The van der Waals surface area contributed by atoms with E-state index in [1.807, 2.05) is 6.92 Å². The fourth-order valence-corrected chi connectivity index (χ4v) is 1.91. The van der Waals surface area contributed by atoms with Gasteiger partial charge < -0.3 is 10.2 Å². The quantitative estimate of drug-likeness (QED) is 0.480. The minimum absolute atomic E-state index is 0.201. The molecule has 2 N–H and O–H groups in total. The van der Waals surface area contributed by atoms with E-state index in [1.165, 1.54) is 19.3 Å². The Balaban J connectivity index is 3.90. The number of aliphatic hydroxyl groups excluding tert-OH is 2. The van der Waals surface area contributed by atoms with E-state index in [1.54, 1.807) is 6.92 Å². The van der Waals surface area contributed by atoms with Crippen molar-refractivity contribution in [1.82, 2.24) is 0 Å². The van der Waals surface area contributed by atoms with E-state index in [0.29, 0.717) is 12.3 Å². The van der Waals surface area contributed by atoms with Gasteiger partial charge in [-0.15, -0.1) is 0 Å². The SMILES string of the molecule is CCCCCC=CC(C)C(C)C(O)CC(C)O. The Kier molecular flexibility index (Phi) is 9.47. The van der Waals surface area contributed by atoms with E-state index >= 15 is 0 Å². The third kappa shape index (κ3) is 8.39. The van der Waals surface area contributed by atoms with Crippen molar-refractivity contribution in [3.05, 3.63) is 12.2 Å². The third-order valence-electron chi connectivity index (χ3n) is 3.43. The van der Waals surface area contributed by atoms with Gasteiger partial charge in [0.15, 0.2) is 0 Å². The Morgan fingerprint density at radius 1 is 1.06 bits per heavy atom. The monoisotopic (exact) mass is 242 g/mol. The van der Waals surface area contributed by atoms with Gasteiger partial charge in [-0.25, -0.2) is 0 Å². The van der Waals surface area contributed by atoms with Crippen molar-refractivity contribution in [3.8, 4) is 0 Å². The molecule has 2 nitrogen and oxygen atoms in total. The van der Waals surface area contributed by atoms with Crippen molar-refractivity contribution in [2.75, 3.05) is 0 Å². The second-order valence-electron chi connectivity index (χ2n) is 5.29. The zero-order valence-electron chi connectivity index (χ0n) is 11.9. The molecule has 0 radical (unpaired) electrons. The second kappa shape index (κ2) is 9.67. The molecule has 0 saturated carbocycles. The van der Waals surface area contributed by atoms with Gasteiger partial charge in [-0.05, 0) is 38.0 Å². The first-order chi connectivity index (χ1) is 7.99. The Hall–Kier alpha value is -0.340. The molecule has 0 aromatic heterocycles. The lowest BCUT2D eigenvalue weighted by atomic mass is 9.87. The molecule has 0 fully saturated rings. The second-order valence-corrected chi connectivity index (χ2v) is 5.29. The average molecular weight is 242 g/mol. The highest BCUT2D eigenvalue weighted by Crippen LogP contribution is 2.20. The minimum atomic E-state index is -0.423. The molecule has 0 aromatic carbocycles. The zero-order valence-corrected chi connectivity index (χ0v) is 11.9. The van der Waals surface area contributed by atoms with Crippen LogP contribution in [0.4, 0.5) is 0 Å². The molecule has 0 saturated heterocycles. The minimum Gasteiger partial charge on any atom is -0.393 e. The Morgan fingerprint density at radius 3 is 2.24 bits per heavy atom. The summed E-state index contributed by atoms with van der Waals surface area (Å²) in [5, 5.41) is 19.2. The van der Waals surface area contributed by atoms with Gasteiger partial charge in [-0.1, -0.05) is 45.8 Å². The molecule has 0 aliphatic carbocycles. The smallest absolute Gasteiger partial charge is 0.0595 e. The van der Waals surface area contributed by atoms with Crippen LogP contribution in [0.5, 0.6) is 0 Å². The maximum atomic E-state index is 9.91. The summed E-state index contributed by atoms with van der Waals surface area (Å²) in [7, 11) is 0. The van der Waals surface area contributed by atoms with Crippen molar-refractivity contribution in [3.63, 3.8) is 0 Å². The van der Waals surface area contributed by atoms with Crippen molar-refractivity contribution in [2.24, 2.45) is 11.8 Å². The fourth-order valence-electron chi connectivity index (χ4n) is 1.91. The molecule has 4 atom stereocenters. The van der Waals surface area contributed by atoms with Crippen LogP contribution in [0.15, 0.2) is 12.2 Å². The first-order valence-corrected chi connectivity index (χ1v) is 7.01.